The molecule has 0 spiro atoms. The molecule has 2 heteroatoms. The van der Waals surface area contributed by atoms with E-state index in [4.69, 9.17) is 5.73 Å². The summed E-state index contributed by atoms with van der Waals surface area (Å²) in [5.74, 6) is 0. The van der Waals surface area contributed by atoms with Gasteiger partial charge in [-0.2, -0.15) is 0 Å². The second-order valence-corrected chi connectivity index (χ2v) is 1.40. The van der Waals surface area contributed by atoms with Crippen LogP contribution in [0.1, 0.15) is 34.8 Å². The molecule has 1 rings (SSSR count). The molecule has 0 amide bonds. The van der Waals surface area contributed by atoms with Gasteiger partial charge >= 0.3 is 0 Å². The van der Waals surface area contributed by atoms with Crippen molar-refractivity contribution in [3.8, 4) is 0 Å². The minimum absolute atomic E-state index is 0. The van der Waals surface area contributed by atoms with Crippen LogP contribution in [0.15, 0.2) is 18.3 Å². The Labute approximate surface area is 71.3 Å². The van der Waals surface area contributed by atoms with E-state index in [0.717, 1.165) is 5.69 Å². The Morgan fingerprint density at radius 1 is 1.36 bits per heavy atom. The standard InChI is InChI=1S/C5H8N2.2C2H6.H2/c6-4-5-2-1-3-7-5;2*1-2;/h1-3,7H,4,6H2;2*1-2H3;1H. The van der Waals surface area contributed by atoms with Crippen LogP contribution < -0.4 is 5.73 Å². The maximum absolute atomic E-state index is 5.26. The Balaban J connectivity index is -0.000000144. The van der Waals surface area contributed by atoms with E-state index in [-0.39, 0.29) is 1.43 Å². The summed E-state index contributed by atoms with van der Waals surface area (Å²) in [5, 5.41) is 0. The molecule has 0 fully saturated rings. The van der Waals surface area contributed by atoms with Gasteiger partial charge in [0.2, 0.25) is 0 Å². The van der Waals surface area contributed by atoms with Crippen LogP contribution in [0.25, 0.3) is 0 Å². The van der Waals surface area contributed by atoms with Crippen LogP contribution in [-0.2, 0) is 6.54 Å². The number of hydrogen-bond donors (Lipinski definition) is 2. The summed E-state index contributed by atoms with van der Waals surface area (Å²) in [6.07, 6.45) is 1.86. The molecule has 1 aromatic heterocycles. The van der Waals surface area contributed by atoms with Crippen molar-refractivity contribution in [3.05, 3.63) is 24.0 Å². The van der Waals surface area contributed by atoms with Crippen LogP contribution in [-0.4, -0.2) is 4.98 Å². The molecule has 1 aromatic rings. The van der Waals surface area contributed by atoms with Crippen LogP contribution in [0, 0.1) is 0 Å². The zero-order chi connectivity index (χ0) is 9.11. The maximum Gasteiger partial charge on any atom is 0.0332 e. The van der Waals surface area contributed by atoms with E-state index < -0.39 is 0 Å². The number of rotatable bonds is 1. The van der Waals surface area contributed by atoms with Gasteiger partial charge in [0.1, 0.15) is 0 Å². The van der Waals surface area contributed by atoms with Gasteiger partial charge in [0.05, 0.1) is 0 Å². The molecule has 0 saturated heterocycles. The van der Waals surface area contributed by atoms with Crippen molar-refractivity contribution in [2.75, 3.05) is 0 Å². The average Bonchev–Trinajstić information content (AvgIpc) is 2.63. The molecule has 2 nitrogen and oxygen atoms in total. The summed E-state index contributed by atoms with van der Waals surface area (Å²) < 4.78 is 0. The van der Waals surface area contributed by atoms with Crippen LogP contribution in [0.3, 0.4) is 0 Å². The van der Waals surface area contributed by atoms with Crippen LogP contribution in [0.4, 0.5) is 0 Å². The molecule has 0 bridgehead atoms. The average molecular weight is 158 g/mol. The highest BCUT2D eigenvalue weighted by atomic mass is 14.7. The zero-order valence-corrected chi connectivity index (χ0v) is 8.02. The summed E-state index contributed by atoms with van der Waals surface area (Å²) in [6, 6.07) is 3.89. The molecule has 68 valence electrons. The van der Waals surface area contributed by atoms with Crippen molar-refractivity contribution >= 4 is 0 Å². The third kappa shape index (κ3) is 7.13. The Morgan fingerprint density at radius 3 is 2.09 bits per heavy atom. The minimum Gasteiger partial charge on any atom is -0.364 e. The van der Waals surface area contributed by atoms with E-state index in [0.29, 0.717) is 6.54 Å². The van der Waals surface area contributed by atoms with Gasteiger partial charge in [0.15, 0.2) is 0 Å². The number of hydrogen-bond acceptors (Lipinski definition) is 1. The molecule has 0 aliphatic carbocycles. The fourth-order valence-electron chi connectivity index (χ4n) is 0.494. The molecule has 0 aromatic carbocycles. The first kappa shape index (κ1) is 12.9. The van der Waals surface area contributed by atoms with Gasteiger partial charge in [-0.05, 0) is 12.1 Å². The molecule has 0 aliphatic rings. The SMILES string of the molecule is CC.CC.NCc1ccc[nH]1.[HH]. The smallest absolute Gasteiger partial charge is 0.0332 e. The molecule has 0 atom stereocenters. The molecule has 11 heavy (non-hydrogen) atoms. The number of aromatic amines is 1. The molecule has 3 N–H and O–H groups in total. The predicted molar refractivity (Wildman–Crippen MR) is 53.5 cm³/mol. The highest BCUT2D eigenvalue weighted by Gasteiger charge is 1.81. The zero-order valence-electron chi connectivity index (χ0n) is 8.02. The van der Waals surface area contributed by atoms with Gasteiger partial charge in [0, 0.05) is 19.9 Å². The van der Waals surface area contributed by atoms with Gasteiger partial charge < -0.3 is 10.7 Å². The monoisotopic (exact) mass is 158 g/mol. The number of H-pyrrole nitrogens is 1. The predicted octanol–water partition coefficient (Wildman–Crippen LogP) is 2.77. The van der Waals surface area contributed by atoms with E-state index in [1.165, 1.54) is 0 Å². The van der Waals surface area contributed by atoms with Crippen LogP contribution in [0.5, 0.6) is 0 Å². The Kier molecular flexibility index (Phi) is 14.0. The molecular weight excluding hydrogens is 136 g/mol. The first-order valence-corrected chi connectivity index (χ1v) is 4.26. The molecular formula is C9H22N2. The summed E-state index contributed by atoms with van der Waals surface area (Å²) in [7, 11) is 0. The van der Waals surface area contributed by atoms with E-state index in [9.17, 15) is 0 Å². The van der Waals surface area contributed by atoms with Crippen molar-refractivity contribution < 1.29 is 1.43 Å². The highest BCUT2D eigenvalue weighted by molar-refractivity contribution is 5.02. The van der Waals surface area contributed by atoms with Crippen molar-refractivity contribution in [2.24, 2.45) is 5.73 Å². The van der Waals surface area contributed by atoms with Crippen molar-refractivity contribution in [2.45, 2.75) is 34.2 Å². The lowest BCUT2D eigenvalue weighted by atomic mass is 10.4. The maximum atomic E-state index is 5.26. The van der Waals surface area contributed by atoms with Gasteiger partial charge in [-0.15, -0.1) is 0 Å². The lowest BCUT2D eigenvalue weighted by Gasteiger charge is -1.82. The van der Waals surface area contributed by atoms with Gasteiger partial charge in [-0.3, -0.25) is 0 Å². The number of nitrogens with one attached hydrogen (secondary N) is 1. The first-order chi connectivity index (χ1) is 5.43. The second kappa shape index (κ2) is 12.0. The second-order valence-electron chi connectivity index (χ2n) is 1.40. The van der Waals surface area contributed by atoms with Gasteiger partial charge in [-0.1, -0.05) is 27.7 Å². The third-order valence-corrected chi connectivity index (χ3v) is 0.882. The fourth-order valence-corrected chi connectivity index (χ4v) is 0.494. The van der Waals surface area contributed by atoms with E-state index in [1.807, 2.05) is 46.0 Å². The summed E-state index contributed by atoms with van der Waals surface area (Å²) in [6.45, 7) is 8.60. The summed E-state index contributed by atoms with van der Waals surface area (Å²) in [5.41, 5.74) is 6.35. The molecule has 0 saturated carbocycles. The Morgan fingerprint density at radius 2 is 1.91 bits per heavy atom. The largest absolute Gasteiger partial charge is 0.364 e. The normalized spacial score (nSPS) is 7.00. The van der Waals surface area contributed by atoms with Crippen LogP contribution >= 0.6 is 0 Å². The lowest BCUT2D eigenvalue weighted by molar-refractivity contribution is 1.01. The minimum atomic E-state index is 0. The molecule has 1 heterocycles. The third-order valence-electron chi connectivity index (χ3n) is 0.882. The lowest BCUT2D eigenvalue weighted by Crippen LogP contribution is -1.94. The first-order valence-electron chi connectivity index (χ1n) is 4.26. The molecule has 0 unspecified atom stereocenters. The Bertz CT molecular complexity index is 127. The molecule has 0 aliphatic heterocycles. The quantitative estimate of drug-likeness (QED) is 0.648. The van der Waals surface area contributed by atoms with Crippen LogP contribution in [0.2, 0.25) is 0 Å². The summed E-state index contributed by atoms with van der Waals surface area (Å²) >= 11 is 0. The van der Waals surface area contributed by atoms with E-state index in [1.54, 1.807) is 0 Å². The van der Waals surface area contributed by atoms with Gasteiger partial charge in [-0.25, -0.2) is 0 Å². The number of aromatic nitrogens is 1. The summed E-state index contributed by atoms with van der Waals surface area (Å²) in [4.78, 5) is 2.96. The Hall–Kier alpha value is -0.760. The number of nitrogens with two attached hydrogens (primary N) is 1. The highest BCUT2D eigenvalue weighted by Crippen LogP contribution is 1.88. The van der Waals surface area contributed by atoms with E-state index in [2.05, 4.69) is 4.98 Å². The topological polar surface area (TPSA) is 41.8 Å². The molecule has 0 radical (unpaired) electrons. The fraction of sp³-hybridized carbons (Fsp3) is 0.556. The van der Waals surface area contributed by atoms with Gasteiger partial charge in [0.25, 0.3) is 0 Å². The van der Waals surface area contributed by atoms with E-state index >= 15 is 0 Å². The van der Waals surface area contributed by atoms with Crippen molar-refractivity contribution in [1.29, 1.82) is 0 Å². The van der Waals surface area contributed by atoms with Crippen molar-refractivity contribution in [1.82, 2.24) is 4.98 Å². The van der Waals surface area contributed by atoms with Crippen molar-refractivity contribution in [3.63, 3.8) is 0 Å².